The quantitative estimate of drug-likeness (QED) is 0.283. The highest BCUT2D eigenvalue weighted by atomic mass is 32.2. The van der Waals surface area contributed by atoms with E-state index in [4.69, 9.17) is 14.6 Å². The molecule has 11 nitrogen and oxygen atoms in total. The number of hydrogen-bond acceptors (Lipinski definition) is 8. The number of methoxy groups -OCH3 is 2. The minimum absolute atomic E-state index is 0.0832. The number of carboxylic acids is 1. The maximum atomic E-state index is 13.6. The first kappa shape index (κ1) is 27.1. The van der Waals surface area contributed by atoms with Gasteiger partial charge in [0.05, 0.1) is 18.3 Å². The van der Waals surface area contributed by atoms with E-state index < -0.39 is 21.9 Å². The second-order valence-electron chi connectivity index (χ2n) is 8.00. The van der Waals surface area contributed by atoms with Crippen LogP contribution in [-0.4, -0.2) is 56.2 Å². The van der Waals surface area contributed by atoms with E-state index >= 15 is 0 Å². The Morgan fingerprint density at radius 3 is 2.54 bits per heavy atom. The summed E-state index contributed by atoms with van der Waals surface area (Å²) in [6, 6.07) is 13.6. The van der Waals surface area contributed by atoms with Crippen LogP contribution >= 0.6 is 0 Å². The molecular weight excluding hydrogens is 524 g/mol. The number of anilines is 2. The van der Waals surface area contributed by atoms with Gasteiger partial charge in [0.15, 0.2) is 0 Å². The van der Waals surface area contributed by atoms with Crippen molar-refractivity contribution in [2.24, 2.45) is 0 Å². The maximum Gasteiger partial charge on any atom is 0.354 e. The summed E-state index contributed by atoms with van der Waals surface area (Å²) in [7, 11) is -1.33. The molecular formula is C27H22N4O7S. The molecule has 1 amide bonds. The number of ether oxygens (including phenoxy) is 2. The second-order valence-corrected chi connectivity index (χ2v) is 9.65. The number of carboxylic acid groups (broad SMARTS) is 1. The molecule has 0 aliphatic carbocycles. The molecule has 198 valence electrons. The summed E-state index contributed by atoms with van der Waals surface area (Å²) in [4.78, 5) is 31.1. The molecule has 2 aromatic carbocycles. The lowest BCUT2D eigenvalue weighted by Crippen LogP contribution is -2.18. The van der Waals surface area contributed by atoms with Crippen LogP contribution in [-0.2, 0) is 19.6 Å². The van der Waals surface area contributed by atoms with E-state index in [1.807, 2.05) is 0 Å². The van der Waals surface area contributed by atoms with Crippen molar-refractivity contribution in [1.29, 1.82) is 0 Å². The number of aromatic nitrogens is 2. The highest BCUT2D eigenvalue weighted by Gasteiger charge is 2.22. The Labute approximate surface area is 223 Å². The topological polar surface area (TPSA) is 157 Å². The second kappa shape index (κ2) is 11.6. The van der Waals surface area contributed by atoms with Gasteiger partial charge in [0, 0.05) is 41.7 Å². The van der Waals surface area contributed by atoms with Gasteiger partial charge >= 0.3 is 5.97 Å². The molecule has 2 heterocycles. The fourth-order valence-electron chi connectivity index (χ4n) is 3.59. The van der Waals surface area contributed by atoms with Gasteiger partial charge in [-0.2, -0.15) is 0 Å². The number of fused-ring (bicyclic) bond motifs is 1. The molecule has 12 heteroatoms. The van der Waals surface area contributed by atoms with Gasteiger partial charge < -0.3 is 19.9 Å². The smallest absolute Gasteiger partial charge is 0.354 e. The van der Waals surface area contributed by atoms with Crippen molar-refractivity contribution >= 4 is 44.2 Å². The van der Waals surface area contributed by atoms with Gasteiger partial charge in [0.1, 0.15) is 22.9 Å². The van der Waals surface area contributed by atoms with E-state index in [0.717, 1.165) is 0 Å². The zero-order valence-electron chi connectivity index (χ0n) is 20.8. The summed E-state index contributed by atoms with van der Waals surface area (Å²) in [5.74, 6) is 4.59. The third-order valence-electron chi connectivity index (χ3n) is 5.35. The molecule has 0 bridgehead atoms. The maximum absolute atomic E-state index is 13.6. The first-order valence-electron chi connectivity index (χ1n) is 11.3. The lowest BCUT2D eigenvalue weighted by atomic mass is 10.1. The summed E-state index contributed by atoms with van der Waals surface area (Å²) in [6.07, 6.45) is 2.78. The minimum atomic E-state index is -4.19. The Kier molecular flexibility index (Phi) is 8.04. The van der Waals surface area contributed by atoms with Gasteiger partial charge in [-0.15, -0.1) is 0 Å². The summed E-state index contributed by atoms with van der Waals surface area (Å²) in [5, 5.41) is 12.2. The van der Waals surface area contributed by atoms with Crippen LogP contribution in [0.4, 0.5) is 11.4 Å². The fourth-order valence-corrected chi connectivity index (χ4v) is 4.83. The number of pyridine rings is 2. The van der Waals surface area contributed by atoms with Gasteiger partial charge in [-0.25, -0.2) is 18.2 Å². The zero-order chi connectivity index (χ0) is 28.0. The lowest BCUT2D eigenvalue weighted by molar-refractivity contribution is -0.119. The molecule has 2 aromatic heterocycles. The Bertz CT molecular complexity index is 1730. The van der Waals surface area contributed by atoms with E-state index in [9.17, 15) is 18.0 Å². The lowest BCUT2D eigenvalue weighted by Gasteiger charge is -2.14. The van der Waals surface area contributed by atoms with Crippen LogP contribution in [0.1, 0.15) is 21.6 Å². The molecule has 0 saturated carbocycles. The van der Waals surface area contributed by atoms with Crippen molar-refractivity contribution in [2.45, 2.75) is 4.90 Å². The average Bonchev–Trinajstić information content (AvgIpc) is 2.92. The third kappa shape index (κ3) is 6.30. The number of sulfonamides is 1. The monoisotopic (exact) mass is 546 g/mol. The van der Waals surface area contributed by atoms with Crippen LogP contribution in [0.15, 0.2) is 71.9 Å². The molecule has 4 aromatic rings. The predicted octanol–water partition coefficient (Wildman–Crippen LogP) is 3.12. The number of rotatable bonds is 8. The van der Waals surface area contributed by atoms with Crippen molar-refractivity contribution in [3.63, 3.8) is 0 Å². The first-order chi connectivity index (χ1) is 18.7. The molecule has 0 radical (unpaired) electrons. The minimum Gasteiger partial charge on any atom is -0.496 e. The van der Waals surface area contributed by atoms with Gasteiger partial charge in [-0.05, 0) is 54.6 Å². The summed E-state index contributed by atoms with van der Waals surface area (Å²) in [5.41, 5.74) is 1.18. The van der Waals surface area contributed by atoms with Crippen LogP contribution in [0.5, 0.6) is 5.75 Å². The third-order valence-corrected chi connectivity index (χ3v) is 6.75. The highest BCUT2D eigenvalue weighted by Crippen LogP contribution is 2.31. The number of hydrogen-bond donors (Lipinski definition) is 3. The van der Waals surface area contributed by atoms with Gasteiger partial charge in [-0.3, -0.25) is 14.5 Å². The first-order valence-corrected chi connectivity index (χ1v) is 12.8. The number of aromatic carboxylic acids is 1. The van der Waals surface area contributed by atoms with Crippen LogP contribution < -0.4 is 14.8 Å². The van der Waals surface area contributed by atoms with Crippen LogP contribution in [0.3, 0.4) is 0 Å². The molecule has 3 N–H and O–H groups in total. The van der Waals surface area contributed by atoms with Gasteiger partial charge in [0.25, 0.3) is 10.0 Å². The van der Waals surface area contributed by atoms with Crippen molar-refractivity contribution < 1.29 is 32.6 Å². The number of nitrogens with one attached hydrogen (secondary N) is 2. The van der Waals surface area contributed by atoms with Crippen molar-refractivity contribution in [2.75, 3.05) is 30.9 Å². The van der Waals surface area contributed by atoms with Crippen molar-refractivity contribution in [1.82, 2.24) is 9.97 Å². The van der Waals surface area contributed by atoms with Crippen molar-refractivity contribution in [3.05, 3.63) is 83.8 Å². The normalized spacial score (nSPS) is 10.8. The zero-order valence-corrected chi connectivity index (χ0v) is 21.6. The molecule has 0 unspecified atom stereocenters. The molecule has 0 aliphatic heterocycles. The number of carbonyl (C=O) groups excluding carboxylic acids is 1. The predicted molar refractivity (Wildman–Crippen MR) is 143 cm³/mol. The van der Waals surface area contributed by atoms with Crippen LogP contribution in [0.2, 0.25) is 0 Å². The van der Waals surface area contributed by atoms with Crippen LogP contribution in [0.25, 0.3) is 10.9 Å². The SMILES string of the molecule is COCC(=O)Nc1ccc(C#Cc2ccc(C(=O)O)nc2)c(NS(=O)(=O)c2ccc(OC)c3cccnc23)c1. The Morgan fingerprint density at radius 2 is 1.85 bits per heavy atom. The molecule has 4 rings (SSSR count). The number of carbonyl (C=O) groups is 2. The molecule has 0 fully saturated rings. The molecule has 39 heavy (non-hydrogen) atoms. The number of benzene rings is 2. The Hall–Kier alpha value is -4.99. The average molecular weight is 547 g/mol. The van der Waals surface area contributed by atoms with E-state index in [1.165, 1.54) is 63.0 Å². The van der Waals surface area contributed by atoms with E-state index in [-0.39, 0.29) is 34.0 Å². The number of amides is 1. The standard InChI is InChI=1S/C27H22N4O7S/c1-37-16-25(32)30-19-9-8-18(7-5-17-6-10-21(27(33)34)29-15-17)22(14-19)31-39(35,36)24-12-11-23(38-2)20-4-3-13-28-26(20)24/h3-4,6,8-15,31H,16H2,1-2H3,(H,30,32)(H,33,34). The van der Waals surface area contributed by atoms with Crippen LogP contribution in [0, 0.1) is 11.8 Å². The summed E-state index contributed by atoms with van der Waals surface area (Å²) in [6.45, 7) is -0.189. The van der Waals surface area contributed by atoms with Gasteiger partial charge in [0.2, 0.25) is 5.91 Å². The molecule has 0 aliphatic rings. The Morgan fingerprint density at radius 1 is 1.03 bits per heavy atom. The summed E-state index contributed by atoms with van der Waals surface area (Å²) < 4.78 is 39.9. The highest BCUT2D eigenvalue weighted by molar-refractivity contribution is 7.93. The van der Waals surface area contributed by atoms with Gasteiger partial charge in [-0.1, -0.05) is 11.8 Å². The summed E-state index contributed by atoms with van der Waals surface area (Å²) >= 11 is 0. The van der Waals surface area contributed by atoms with E-state index in [1.54, 1.807) is 18.2 Å². The molecule has 0 spiro atoms. The van der Waals surface area contributed by atoms with E-state index in [0.29, 0.717) is 22.4 Å². The largest absolute Gasteiger partial charge is 0.496 e. The fraction of sp³-hybridized carbons (Fsp3) is 0.111. The Balaban J connectivity index is 1.76. The molecule has 0 atom stereocenters. The molecule has 0 saturated heterocycles. The van der Waals surface area contributed by atoms with E-state index in [2.05, 4.69) is 31.8 Å². The number of nitrogens with zero attached hydrogens (tertiary/aromatic N) is 2. The van der Waals surface area contributed by atoms with Crippen molar-refractivity contribution in [3.8, 4) is 17.6 Å².